The topological polar surface area (TPSA) is 48.9 Å². The molecule has 0 spiro atoms. The van der Waals surface area contributed by atoms with Crippen LogP contribution in [-0.4, -0.2) is 55.3 Å². The molecule has 3 saturated heterocycles. The van der Waals surface area contributed by atoms with Gasteiger partial charge in [0.25, 0.3) is 0 Å². The molecule has 0 amide bonds. The fourth-order valence-electron chi connectivity index (χ4n) is 4.80. The molecule has 3 fully saturated rings. The van der Waals surface area contributed by atoms with Crippen molar-refractivity contribution in [2.24, 2.45) is 10.9 Å². The number of nitrogens with one attached hydrogen (secondary N) is 2. The highest BCUT2D eigenvalue weighted by atomic mass is 16.5. The number of fused-ring (bicyclic) bond motifs is 2. The van der Waals surface area contributed by atoms with Crippen molar-refractivity contribution in [2.45, 2.75) is 63.4 Å². The van der Waals surface area contributed by atoms with Crippen LogP contribution in [0.25, 0.3) is 0 Å². The molecule has 5 unspecified atom stereocenters. The maximum Gasteiger partial charge on any atom is 0.191 e. The second-order valence-corrected chi connectivity index (χ2v) is 8.18. The predicted molar refractivity (Wildman–Crippen MR) is 105 cm³/mol. The van der Waals surface area contributed by atoms with E-state index in [1.165, 1.54) is 24.8 Å². The molecule has 0 radical (unpaired) electrons. The first-order valence-electron chi connectivity index (χ1n) is 10.1. The van der Waals surface area contributed by atoms with E-state index in [9.17, 15) is 0 Å². The monoisotopic (exact) mass is 356 g/mol. The highest BCUT2D eigenvalue weighted by molar-refractivity contribution is 5.80. The van der Waals surface area contributed by atoms with Gasteiger partial charge < -0.3 is 15.4 Å². The summed E-state index contributed by atoms with van der Waals surface area (Å²) in [5.74, 6) is 1.60. The zero-order chi connectivity index (χ0) is 17.9. The minimum absolute atomic E-state index is 0.381. The number of guanidine groups is 1. The van der Waals surface area contributed by atoms with Gasteiger partial charge in [0.2, 0.25) is 0 Å². The first kappa shape index (κ1) is 17.8. The molecular formula is C21H32N4O. The number of rotatable bonds is 5. The van der Waals surface area contributed by atoms with Crippen LogP contribution < -0.4 is 10.6 Å². The molecule has 0 saturated carbocycles. The highest BCUT2D eigenvalue weighted by Crippen LogP contribution is 2.34. The fraction of sp³-hybridized carbons (Fsp3) is 0.667. The number of ether oxygens (including phenoxy) is 1. The molecule has 2 N–H and O–H groups in total. The van der Waals surface area contributed by atoms with Crippen LogP contribution in [0.15, 0.2) is 35.3 Å². The molecule has 0 aliphatic carbocycles. The van der Waals surface area contributed by atoms with E-state index in [2.05, 4.69) is 57.8 Å². The van der Waals surface area contributed by atoms with Gasteiger partial charge in [-0.15, -0.1) is 0 Å². The Kier molecular flexibility index (Phi) is 5.46. The largest absolute Gasteiger partial charge is 0.373 e. The van der Waals surface area contributed by atoms with Crippen LogP contribution in [0, 0.1) is 5.92 Å². The third kappa shape index (κ3) is 4.04. The van der Waals surface area contributed by atoms with E-state index in [1.54, 1.807) is 0 Å². The molecule has 5 nitrogen and oxygen atoms in total. The van der Waals surface area contributed by atoms with Gasteiger partial charge in [-0.05, 0) is 44.1 Å². The SMILES string of the molecule is CN=C(NCC1CC(C)N(Cc2ccccc2)C1)NC1CC2CCC1O2. The van der Waals surface area contributed by atoms with Gasteiger partial charge in [-0.25, -0.2) is 0 Å². The van der Waals surface area contributed by atoms with Crippen molar-refractivity contribution < 1.29 is 4.74 Å². The van der Waals surface area contributed by atoms with E-state index in [4.69, 9.17) is 4.74 Å². The highest BCUT2D eigenvalue weighted by Gasteiger charge is 2.41. The van der Waals surface area contributed by atoms with Gasteiger partial charge in [-0.3, -0.25) is 9.89 Å². The standard InChI is InChI=1S/C21H32N4O/c1-15-10-17(14-25(15)13-16-6-4-3-5-7-16)12-23-21(22-2)24-19-11-18-8-9-20(19)26-18/h3-7,15,17-20H,8-14H2,1-2H3,(H2,22,23,24). The third-order valence-corrected chi connectivity index (χ3v) is 6.23. The van der Waals surface area contributed by atoms with Crippen LogP contribution in [0.1, 0.15) is 38.2 Å². The first-order chi connectivity index (χ1) is 12.7. The second-order valence-electron chi connectivity index (χ2n) is 8.18. The van der Waals surface area contributed by atoms with E-state index in [-0.39, 0.29) is 0 Å². The molecule has 0 aromatic heterocycles. The Balaban J connectivity index is 1.24. The molecule has 3 aliphatic rings. The summed E-state index contributed by atoms with van der Waals surface area (Å²) in [6.07, 6.45) is 5.63. The van der Waals surface area contributed by atoms with Crippen LogP contribution >= 0.6 is 0 Å². The quantitative estimate of drug-likeness (QED) is 0.628. The lowest BCUT2D eigenvalue weighted by Crippen LogP contribution is -2.48. The van der Waals surface area contributed by atoms with E-state index in [0.717, 1.165) is 32.0 Å². The number of aliphatic imine (C=N–C) groups is 1. The smallest absolute Gasteiger partial charge is 0.191 e. The van der Waals surface area contributed by atoms with Crippen molar-refractivity contribution in [3.8, 4) is 0 Å². The van der Waals surface area contributed by atoms with Crippen molar-refractivity contribution >= 4 is 5.96 Å². The molecule has 5 atom stereocenters. The Morgan fingerprint density at radius 3 is 2.77 bits per heavy atom. The van der Waals surface area contributed by atoms with Crippen molar-refractivity contribution in [2.75, 3.05) is 20.1 Å². The van der Waals surface area contributed by atoms with Crippen LogP contribution in [0.5, 0.6) is 0 Å². The summed E-state index contributed by atoms with van der Waals surface area (Å²) < 4.78 is 5.94. The molecule has 1 aromatic carbocycles. The Morgan fingerprint density at radius 2 is 2.08 bits per heavy atom. The zero-order valence-electron chi connectivity index (χ0n) is 16.0. The molecule has 26 heavy (non-hydrogen) atoms. The van der Waals surface area contributed by atoms with Crippen molar-refractivity contribution in [3.05, 3.63) is 35.9 Å². The van der Waals surface area contributed by atoms with E-state index < -0.39 is 0 Å². The molecule has 142 valence electrons. The van der Waals surface area contributed by atoms with E-state index in [0.29, 0.717) is 30.2 Å². The van der Waals surface area contributed by atoms with Crippen LogP contribution in [0.4, 0.5) is 0 Å². The number of hydrogen-bond donors (Lipinski definition) is 2. The maximum absolute atomic E-state index is 5.94. The molecule has 2 bridgehead atoms. The van der Waals surface area contributed by atoms with E-state index >= 15 is 0 Å². The maximum atomic E-state index is 5.94. The number of nitrogens with zero attached hydrogens (tertiary/aromatic N) is 2. The molecule has 3 aliphatic heterocycles. The van der Waals surface area contributed by atoms with Gasteiger partial charge in [0, 0.05) is 32.7 Å². The van der Waals surface area contributed by atoms with Gasteiger partial charge in [-0.2, -0.15) is 0 Å². The van der Waals surface area contributed by atoms with Crippen LogP contribution in [0.3, 0.4) is 0 Å². The number of likely N-dealkylation sites (tertiary alicyclic amines) is 1. The summed E-state index contributed by atoms with van der Waals surface area (Å²) in [5.41, 5.74) is 1.40. The summed E-state index contributed by atoms with van der Waals surface area (Å²) in [6.45, 7) is 5.53. The second kappa shape index (κ2) is 7.97. The normalized spacial score (nSPS) is 34.4. The minimum Gasteiger partial charge on any atom is -0.373 e. The lowest BCUT2D eigenvalue weighted by Gasteiger charge is -2.23. The first-order valence-corrected chi connectivity index (χ1v) is 10.1. The van der Waals surface area contributed by atoms with Gasteiger partial charge >= 0.3 is 0 Å². The van der Waals surface area contributed by atoms with Crippen LogP contribution in [0.2, 0.25) is 0 Å². The molecule has 3 heterocycles. The molecule has 4 rings (SSSR count). The van der Waals surface area contributed by atoms with Gasteiger partial charge in [-0.1, -0.05) is 30.3 Å². The summed E-state index contributed by atoms with van der Waals surface area (Å²) in [6, 6.07) is 11.9. The Labute approximate surface area is 157 Å². The van der Waals surface area contributed by atoms with Crippen LogP contribution in [-0.2, 0) is 11.3 Å². The molecule has 5 heteroatoms. The Morgan fingerprint density at radius 1 is 1.23 bits per heavy atom. The number of benzene rings is 1. The Bertz CT molecular complexity index is 620. The molecule has 1 aromatic rings. The van der Waals surface area contributed by atoms with Crippen molar-refractivity contribution in [1.29, 1.82) is 0 Å². The minimum atomic E-state index is 0.381. The molecular weight excluding hydrogens is 324 g/mol. The third-order valence-electron chi connectivity index (χ3n) is 6.23. The fourth-order valence-corrected chi connectivity index (χ4v) is 4.80. The Hall–Kier alpha value is -1.59. The van der Waals surface area contributed by atoms with E-state index in [1.807, 2.05) is 7.05 Å². The zero-order valence-corrected chi connectivity index (χ0v) is 16.0. The lowest BCUT2D eigenvalue weighted by molar-refractivity contribution is 0.0992. The van der Waals surface area contributed by atoms with Gasteiger partial charge in [0.1, 0.15) is 0 Å². The average molecular weight is 357 g/mol. The summed E-state index contributed by atoms with van der Waals surface area (Å²) in [4.78, 5) is 7.03. The summed E-state index contributed by atoms with van der Waals surface area (Å²) in [7, 11) is 1.86. The van der Waals surface area contributed by atoms with Gasteiger partial charge in [0.15, 0.2) is 5.96 Å². The summed E-state index contributed by atoms with van der Waals surface area (Å²) in [5, 5.41) is 7.14. The lowest BCUT2D eigenvalue weighted by atomic mass is 9.96. The number of hydrogen-bond acceptors (Lipinski definition) is 3. The van der Waals surface area contributed by atoms with Crippen molar-refractivity contribution in [3.63, 3.8) is 0 Å². The average Bonchev–Trinajstić information content (AvgIpc) is 3.36. The predicted octanol–water partition coefficient (Wildman–Crippen LogP) is 2.38. The van der Waals surface area contributed by atoms with Gasteiger partial charge in [0.05, 0.1) is 18.2 Å². The van der Waals surface area contributed by atoms with Crippen molar-refractivity contribution in [1.82, 2.24) is 15.5 Å². The summed E-state index contributed by atoms with van der Waals surface area (Å²) >= 11 is 0.